The van der Waals surface area contributed by atoms with Gasteiger partial charge < -0.3 is 9.84 Å². The second-order valence-electron chi connectivity index (χ2n) is 4.59. The van der Waals surface area contributed by atoms with Crippen molar-refractivity contribution < 1.29 is 19.6 Å². The lowest BCUT2D eigenvalue weighted by Crippen LogP contribution is -2.01. The van der Waals surface area contributed by atoms with Gasteiger partial charge in [-0.3, -0.25) is 14.8 Å². The standard InChI is InChI=1S/C13H13N3O5/c1-8(2)15-7-10(6-14-15)21-12-5-9(16(19)20)3-4-11(12)13(17)18/h3-8H,1-2H3,(H,17,18). The Morgan fingerprint density at radius 1 is 1.48 bits per heavy atom. The summed E-state index contributed by atoms with van der Waals surface area (Å²) >= 11 is 0. The fourth-order valence-corrected chi connectivity index (χ4v) is 1.67. The van der Waals surface area contributed by atoms with Gasteiger partial charge in [0.25, 0.3) is 5.69 Å². The highest BCUT2D eigenvalue weighted by molar-refractivity contribution is 5.91. The molecule has 0 atom stereocenters. The Kier molecular flexibility index (Phi) is 3.88. The number of non-ortho nitro benzene ring substituents is 1. The molecule has 0 spiro atoms. The van der Waals surface area contributed by atoms with E-state index in [4.69, 9.17) is 9.84 Å². The van der Waals surface area contributed by atoms with Crippen LogP contribution in [-0.4, -0.2) is 25.8 Å². The van der Waals surface area contributed by atoms with Crippen molar-refractivity contribution in [1.82, 2.24) is 9.78 Å². The Morgan fingerprint density at radius 3 is 2.71 bits per heavy atom. The van der Waals surface area contributed by atoms with E-state index in [0.717, 1.165) is 18.2 Å². The highest BCUT2D eigenvalue weighted by atomic mass is 16.6. The van der Waals surface area contributed by atoms with Crippen molar-refractivity contribution in [2.24, 2.45) is 0 Å². The maximum atomic E-state index is 11.1. The molecule has 1 N–H and O–H groups in total. The number of rotatable bonds is 5. The van der Waals surface area contributed by atoms with Gasteiger partial charge in [-0.05, 0) is 19.9 Å². The van der Waals surface area contributed by atoms with Gasteiger partial charge >= 0.3 is 5.97 Å². The van der Waals surface area contributed by atoms with Crippen molar-refractivity contribution in [1.29, 1.82) is 0 Å². The summed E-state index contributed by atoms with van der Waals surface area (Å²) in [5, 5.41) is 23.9. The first kappa shape index (κ1) is 14.5. The molecule has 8 nitrogen and oxygen atoms in total. The molecule has 21 heavy (non-hydrogen) atoms. The van der Waals surface area contributed by atoms with Crippen LogP contribution in [0.25, 0.3) is 0 Å². The molecule has 1 aromatic carbocycles. The molecule has 0 unspecified atom stereocenters. The van der Waals surface area contributed by atoms with Crippen molar-refractivity contribution in [3.05, 3.63) is 46.3 Å². The van der Waals surface area contributed by atoms with Gasteiger partial charge in [0.15, 0.2) is 5.75 Å². The summed E-state index contributed by atoms with van der Waals surface area (Å²) in [7, 11) is 0. The summed E-state index contributed by atoms with van der Waals surface area (Å²) in [6.45, 7) is 3.85. The first-order chi connectivity index (χ1) is 9.88. The number of ether oxygens (including phenoxy) is 1. The summed E-state index contributed by atoms with van der Waals surface area (Å²) in [6.07, 6.45) is 3.01. The second-order valence-corrected chi connectivity index (χ2v) is 4.59. The first-order valence-corrected chi connectivity index (χ1v) is 6.12. The lowest BCUT2D eigenvalue weighted by Gasteiger charge is -2.07. The molecule has 0 aliphatic rings. The molecule has 2 aromatic rings. The molecule has 1 aromatic heterocycles. The number of nitro benzene ring substituents is 1. The molecule has 8 heteroatoms. The average molecular weight is 291 g/mol. The third-order valence-electron chi connectivity index (χ3n) is 2.74. The quantitative estimate of drug-likeness (QED) is 0.670. The Hall–Kier alpha value is -2.90. The first-order valence-electron chi connectivity index (χ1n) is 6.12. The number of aromatic carboxylic acids is 1. The van der Waals surface area contributed by atoms with Gasteiger partial charge in [0.2, 0.25) is 0 Å². The number of benzene rings is 1. The Balaban J connectivity index is 2.38. The predicted molar refractivity (Wildman–Crippen MR) is 72.7 cm³/mol. The minimum absolute atomic E-state index is 0.0972. The van der Waals surface area contributed by atoms with Crippen LogP contribution in [0.3, 0.4) is 0 Å². The van der Waals surface area contributed by atoms with Crippen LogP contribution in [0.4, 0.5) is 5.69 Å². The minimum atomic E-state index is -1.23. The number of carboxylic acid groups (broad SMARTS) is 1. The molecule has 2 rings (SSSR count). The van der Waals surface area contributed by atoms with Crippen LogP contribution < -0.4 is 4.74 Å². The predicted octanol–water partition coefficient (Wildman–Crippen LogP) is 2.86. The molecule has 0 amide bonds. The van der Waals surface area contributed by atoms with Crippen LogP contribution >= 0.6 is 0 Å². The van der Waals surface area contributed by atoms with E-state index in [2.05, 4.69) is 5.10 Å². The van der Waals surface area contributed by atoms with Gasteiger partial charge in [-0.25, -0.2) is 4.79 Å². The lowest BCUT2D eigenvalue weighted by atomic mass is 10.2. The molecule has 110 valence electrons. The molecule has 0 saturated carbocycles. The summed E-state index contributed by atoms with van der Waals surface area (Å²) < 4.78 is 7.06. The number of carboxylic acids is 1. The van der Waals surface area contributed by atoms with E-state index in [1.165, 1.54) is 6.20 Å². The molecule has 1 heterocycles. The fourth-order valence-electron chi connectivity index (χ4n) is 1.67. The second kappa shape index (κ2) is 5.61. The van der Waals surface area contributed by atoms with Crippen LogP contribution in [0.5, 0.6) is 11.5 Å². The zero-order valence-corrected chi connectivity index (χ0v) is 11.4. The van der Waals surface area contributed by atoms with Crippen LogP contribution in [0, 0.1) is 10.1 Å². The molecule has 0 bridgehead atoms. The van der Waals surface area contributed by atoms with Gasteiger partial charge in [0.1, 0.15) is 11.3 Å². The van der Waals surface area contributed by atoms with Crippen molar-refractivity contribution >= 4 is 11.7 Å². The summed E-state index contributed by atoms with van der Waals surface area (Å²) in [5.41, 5.74) is -0.399. The molecule has 0 radical (unpaired) electrons. The van der Waals surface area contributed by atoms with E-state index in [0.29, 0.717) is 5.75 Å². The molecule has 0 aliphatic carbocycles. The van der Waals surface area contributed by atoms with E-state index < -0.39 is 10.9 Å². The number of hydrogen-bond donors (Lipinski definition) is 1. The molecular formula is C13H13N3O5. The van der Waals surface area contributed by atoms with E-state index in [1.54, 1.807) is 10.9 Å². The zero-order chi connectivity index (χ0) is 15.6. The Labute approximate surface area is 119 Å². The topological polar surface area (TPSA) is 107 Å². The number of aromatic nitrogens is 2. The maximum absolute atomic E-state index is 11.1. The Morgan fingerprint density at radius 2 is 2.19 bits per heavy atom. The molecular weight excluding hydrogens is 278 g/mol. The van der Waals surface area contributed by atoms with Crippen molar-refractivity contribution in [3.8, 4) is 11.5 Å². The summed E-state index contributed by atoms with van der Waals surface area (Å²) in [5.74, 6) is -1.01. The number of nitrogens with zero attached hydrogens (tertiary/aromatic N) is 3. The van der Waals surface area contributed by atoms with Crippen molar-refractivity contribution in [2.75, 3.05) is 0 Å². The minimum Gasteiger partial charge on any atom is -0.478 e. The number of carbonyl (C=O) groups is 1. The van der Waals surface area contributed by atoms with Crippen LogP contribution in [-0.2, 0) is 0 Å². The number of hydrogen-bond acceptors (Lipinski definition) is 5. The molecule has 0 aliphatic heterocycles. The summed E-state index contributed by atoms with van der Waals surface area (Å²) in [6, 6.07) is 3.46. The monoisotopic (exact) mass is 291 g/mol. The SMILES string of the molecule is CC(C)n1cc(Oc2cc([N+](=O)[O-])ccc2C(=O)O)cn1. The van der Waals surface area contributed by atoms with E-state index >= 15 is 0 Å². The smallest absolute Gasteiger partial charge is 0.339 e. The normalized spacial score (nSPS) is 10.6. The van der Waals surface area contributed by atoms with Gasteiger partial charge in [0, 0.05) is 12.1 Å². The number of nitro groups is 1. The third-order valence-corrected chi connectivity index (χ3v) is 2.74. The fraction of sp³-hybridized carbons (Fsp3) is 0.231. The molecule has 0 saturated heterocycles. The van der Waals surface area contributed by atoms with Crippen LogP contribution in [0.1, 0.15) is 30.2 Å². The van der Waals surface area contributed by atoms with E-state index in [1.807, 2.05) is 13.8 Å². The Bertz CT molecular complexity index is 693. The van der Waals surface area contributed by atoms with Crippen LogP contribution in [0.2, 0.25) is 0 Å². The van der Waals surface area contributed by atoms with Gasteiger partial charge in [-0.15, -0.1) is 0 Å². The van der Waals surface area contributed by atoms with Crippen LogP contribution in [0.15, 0.2) is 30.6 Å². The van der Waals surface area contributed by atoms with Gasteiger partial charge in [0.05, 0.1) is 23.4 Å². The van der Waals surface area contributed by atoms with E-state index in [9.17, 15) is 14.9 Å². The maximum Gasteiger partial charge on any atom is 0.339 e. The average Bonchev–Trinajstić information content (AvgIpc) is 2.87. The summed E-state index contributed by atoms with van der Waals surface area (Å²) in [4.78, 5) is 21.3. The van der Waals surface area contributed by atoms with Gasteiger partial charge in [-0.2, -0.15) is 5.10 Å². The van der Waals surface area contributed by atoms with Gasteiger partial charge in [-0.1, -0.05) is 0 Å². The highest BCUT2D eigenvalue weighted by Gasteiger charge is 2.18. The molecule has 0 fully saturated rings. The van der Waals surface area contributed by atoms with Crippen molar-refractivity contribution in [2.45, 2.75) is 19.9 Å². The van der Waals surface area contributed by atoms with Crippen molar-refractivity contribution in [3.63, 3.8) is 0 Å². The zero-order valence-electron chi connectivity index (χ0n) is 11.4. The lowest BCUT2D eigenvalue weighted by molar-refractivity contribution is -0.384. The largest absolute Gasteiger partial charge is 0.478 e. The van der Waals surface area contributed by atoms with E-state index in [-0.39, 0.29) is 23.0 Å². The third kappa shape index (κ3) is 3.16. The highest BCUT2D eigenvalue weighted by Crippen LogP contribution is 2.29.